The first-order valence-electron chi connectivity index (χ1n) is 7.00. The molecule has 0 aromatic carbocycles. The summed E-state index contributed by atoms with van der Waals surface area (Å²) >= 11 is 0. The van der Waals surface area contributed by atoms with Gasteiger partial charge in [0.15, 0.2) is 5.03 Å². The highest BCUT2D eigenvalue weighted by Gasteiger charge is 2.31. The summed E-state index contributed by atoms with van der Waals surface area (Å²) in [4.78, 5) is 14.5. The van der Waals surface area contributed by atoms with E-state index in [9.17, 15) is 8.42 Å². The van der Waals surface area contributed by atoms with E-state index in [0.717, 1.165) is 0 Å². The van der Waals surface area contributed by atoms with Crippen molar-refractivity contribution in [3.63, 3.8) is 0 Å². The first kappa shape index (κ1) is 14.9. The second-order valence-corrected chi connectivity index (χ2v) is 7.06. The third kappa shape index (κ3) is 2.69. The Morgan fingerprint density at radius 1 is 1.09 bits per heavy atom. The monoisotopic (exact) mass is 322 g/mol. The van der Waals surface area contributed by atoms with Gasteiger partial charge in [-0.15, -0.1) is 0 Å². The molecule has 2 aromatic rings. The van der Waals surface area contributed by atoms with Gasteiger partial charge in [-0.1, -0.05) is 0 Å². The molecule has 0 saturated carbocycles. The Bertz CT molecular complexity index is 731. The number of rotatable bonds is 3. The van der Waals surface area contributed by atoms with E-state index in [1.807, 2.05) is 4.90 Å². The molecule has 118 valence electrons. The molecule has 2 aromatic heterocycles. The zero-order valence-corrected chi connectivity index (χ0v) is 13.4. The van der Waals surface area contributed by atoms with Crippen molar-refractivity contribution in [1.29, 1.82) is 0 Å². The lowest BCUT2D eigenvalue weighted by atomic mass is 10.4. The predicted octanol–water partition coefficient (Wildman–Crippen LogP) is 0.0294. The van der Waals surface area contributed by atoms with Crippen molar-refractivity contribution in [2.75, 3.05) is 31.1 Å². The predicted molar refractivity (Wildman–Crippen MR) is 80.9 cm³/mol. The van der Waals surface area contributed by atoms with Crippen LogP contribution in [-0.2, 0) is 17.1 Å². The topological polar surface area (TPSA) is 84.2 Å². The van der Waals surface area contributed by atoms with Crippen LogP contribution in [-0.4, -0.2) is 58.4 Å². The molecule has 9 heteroatoms. The lowest BCUT2D eigenvalue weighted by Crippen LogP contribution is -2.49. The maximum atomic E-state index is 12.6. The van der Waals surface area contributed by atoms with Crippen molar-refractivity contribution < 1.29 is 8.42 Å². The zero-order valence-electron chi connectivity index (χ0n) is 12.5. The molecule has 3 heterocycles. The lowest BCUT2D eigenvalue weighted by molar-refractivity contribution is 0.381. The van der Waals surface area contributed by atoms with Gasteiger partial charge < -0.3 is 9.47 Å². The standard InChI is InChI=1S/C13H18N6O2S/c1-11-16-12(10-17(11)2)22(20,21)19-8-6-18(7-9-19)13-14-4-3-5-15-13/h3-5,10H,6-9H2,1-2H3. The van der Waals surface area contributed by atoms with Crippen LogP contribution in [0.4, 0.5) is 5.95 Å². The number of hydrogen-bond donors (Lipinski definition) is 0. The highest BCUT2D eigenvalue weighted by Crippen LogP contribution is 2.18. The highest BCUT2D eigenvalue weighted by atomic mass is 32.2. The van der Waals surface area contributed by atoms with Gasteiger partial charge in [-0.2, -0.15) is 4.31 Å². The highest BCUT2D eigenvalue weighted by molar-refractivity contribution is 7.89. The van der Waals surface area contributed by atoms with E-state index in [1.54, 1.807) is 43.2 Å². The van der Waals surface area contributed by atoms with Crippen molar-refractivity contribution in [1.82, 2.24) is 23.8 Å². The summed E-state index contributed by atoms with van der Waals surface area (Å²) in [6.07, 6.45) is 4.92. The maximum absolute atomic E-state index is 12.6. The van der Waals surface area contributed by atoms with Crippen molar-refractivity contribution in [3.05, 3.63) is 30.5 Å². The maximum Gasteiger partial charge on any atom is 0.262 e. The second kappa shape index (κ2) is 5.65. The number of sulfonamides is 1. The fraction of sp³-hybridized carbons (Fsp3) is 0.462. The number of hydrogen-bond acceptors (Lipinski definition) is 6. The summed E-state index contributed by atoms with van der Waals surface area (Å²) in [5, 5.41) is 0.108. The van der Waals surface area contributed by atoms with Gasteiger partial charge in [0.25, 0.3) is 10.0 Å². The molecule has 0 atom stereocenters. The van der Waals surface area contributed by atoms with Gasteiger partial charge in [0.2, 0.25) is 5.95 Å². The quantitative estimate of drug-likeness (QED) is 0.793. The molecule has 3 rings (SSSR count). The summed E-state index contributed by atoms with van der Waals surface area (Å²) < 4.78 is 28.4. The van der Waals surface area contributed by atoms with Crippen LogP contribution in [0.15, 0.2) is 29.7 Å². The van der Waals surface area contributed by atoms with E-state index in [2.05, 4.69) is 15.0 Å². The molecule has 1 aliphatic heterocycles. The van der Waals surface area contributed by atoms with Gasteiger partial charge in [0.1, 0.15) is 5.82 Å². The zero-order chi connectivity index (χ0) is 15.7. The second-order valence-electron chi connectivity index (χ2n) is 5.18. The van der Waals surface area contributed by atoms with Gasteiger partial charge in [-0.25, -0.2) is 23.4 Å². The van der Waals surface area contributed by atoms with Crippen molar-refractivity contribution >= 4 is 16.0 Å². The lowest BCUT2D eigenvalue weighted by Gasteiger charge is -2.33. The Morgan fingerprint density at radius 3 is 2.27 bits per heavy atom. The summed E-state index contributed by atoms with van der Waals surface area (Å²) in [5.74, 6) is 1.31. The number of piperazine rings is 1. The number of imidazole rings is 1. The molecular formula is C13H18N6O2S. The van der Waals surface area contributed by atoms with Crippen molar-refractivity contribution in [2.24, 2.45) is 7.05 Å². The van der Waals surface area contributed by atoms with Crippen LogP contribution < -0.4 is 4.90 Å². The van der Waals surface area contributed by atoms with Crippen LogP contribution in [0.1, 0.15) is 5.82 Å². The number of nitrogens with zero attached hydrogens (tertiary/aromatic N) is 6. The summed E-state index contributed by atoms with van der Waals surface area (Å²) in [7, 11) is -1.75. The van der Waals surface area contributed by atoms with Gasteiger partial charge in [0, 0.05) is 51.8 Å². The largest absolute Gasteiger partial charge is 0.338 e. The molecule has 0 unspecified atom stereocenters. The minimum Gasteiger partial charge on any atom is -0.338 e. The molecule has 0 bridgehead atoms. The fourth-order valence-electron chi connectivity index (χ4n) is 2.37. The van der Waals surface area contributed by atoms with E-state index in [4.69, 9.17) is 0 Å². The van der Waals surface area contributed by atoms with Crippen molar-refractivity contribution in [3.8, 4) is 0 Å². The van der Waals surface area contributed by atoms with Crippen LogP contribution in [0.5, 0.6) is 0 Å². The Kier molecular flexibility index (Phi) is 3.83. The van der Waals surface area contributed by atoms with Gasteiger partial charge in [0.05, 0.1) is 0 Å². The SMILES string of the molecule is Cc1nc(S(=O)(=O)N2CCN(c3ncccn3)CC2)cn1C. The van der Waals surface area contributed by atoms with E-state index in [1.165, 1.54) is 4.31 Å². The molecule has 0 amide bonds. The van der Waals surface area contributed by atoms with E-state index >= 15 is 0 Å². The number of aromatic nitrogens is 4. The normalized spacial score (nSPS) is 16.9. The smallest absolute Gasteiger partial charge is 0.262 e. The van der Waals surface area contributed by atoms with Crippen LogP contribution in [0.2, 0.25) is 0 Å². The Balaban J connectivity index is 1.73. The minimum atomic E-state index is -3.54. The van der Waals surface area contributed by atoms with Gasteiger partial charge in [-0.3, -0.25) is 0 Å². The molecule has 0 radical (unpaired) electrons. The molecular weight excluding hydrogens is 304 g/mol. The fourth-order valence-corrected chi connectivity index (χ4v) is 3.81. The third-order valence-electron chi connectivity index (χ3n) is 3.76. The van der Waals surface area contributed by atoms with Gasteiger partial charge in [-0.05, 0) is 13.0 Å². The van der Waals surface area contributed by atoms with Crippen molar-refractivity contribution in [2.45, 2.75) is 11.9 Å². The Labute approximate surface area is 129 Å². The van der Waals surface area contributed by atoms with E-state index in [-0.39, 0.29) is 5.03 Å². The third-order valence-corrected chi connectivity index (χ3v) is 5.53. The molecule has 0 spiro atoms. The Hall–Kier alpha value is -2.00. The molecule has 8 nitrogen and oxygen atoms in total. The summed E-state index contributed by atoms with van der Waals surface area (Å²) in [6, 6.07) is 1.76. The average Bonchev–Trinajstić information content (AvgIpc) is 2.88. The summed E-state index contributed by atoms with van der Waals surface area (Å²) in [6.45, 7) is 3.71. The number of aryl methyl sites for hydroxylation is 2. The Morgan fingerprint density at radius 2 is 1.73 bits per heavy atom. The van der Waals surface area contributed by atoms with Crippen LogP contribution in [0, 0.1) is 6.92 Å². The van der Waals surface area contributed by atoms with E-state index in [0.29, 0.717) is 38.0 Å². The first-order chi connectivity index (χ1) is 10.5. The molecule has 1 fully saturated rings. The molecule has 22 heavy (non-hydrogen) atoms. The molecule has 0 N–H and O–H groups in total. The molecule has 0 aliphatic carbocycles. The minimum absolute atomic E-state index is 0.108. The van der Waals surface area contributed by atoms with E-state index < -0.39 is 10.0 Å². The molecule has 1 aliphatic rings. The van der Waals surface area contributed by atoms with Crippen LogP contribution in [0.25, 0.3) is 0 Å². The van der Waals surface area contributed by atoms with Gasteiger partial charge >= 0.3 is 0 Å². The van der Waals surface area contributed by atoms with Crippen LogP contribution >= 0.6 is 0 Å². The molecule has 1 saturated heterocycles. The van der Waals surface area contributed by atoms with Crippen LogP contribution in [0.3, 0.4) is 0 Å². The first-order valence-corrected chi connectivity index (χ1v) is 8.44. The summed E-state index contributed by atoms with van der Waals surface area (Å²) in [5.41, 5.74) is 0. The average molecular weight is 322 g/mol. The number of anilines is 1.